The van der Waals surface area contributed by atoms with Crippen LogP contribution in [0.5, 0.6) is 5.75 Å². The van der Waals surface area contributed by atoms with E-state index in [0.29, 0.717) is 29.5 Å². The molecule has 0 bridgehead atoms. The largest absolute Gasteiger partial charge is 0.491 e. The smallest absolute Gasteiger partial charge is 0.257 e. The van der Waals surface area contributed by atoms with Crippen LogP contribution in [0.3, 0.4) is 0 Å². The average molecular weight is 448 g/mol. The van der Waals surface area contributed by atoms with E-state index in [-0.39, 0.29) is 17.1 Å². The number of nitrogens with one attached hydrogen (secondary N) is 2. The van der Waals surface area contributed by atoms with Crippen LogP contribution in [-0.4, -0.2) is 43.4 Å². The summed E-state index contributed by atoms with van der Waals surface area (Å²) >= 11 is 11.7. The fourth-order valence-corrected chi connectivity index (χ4v) is 3.49. The molecular formula is C22H26ClN3O3S. The van der Waals surface area contributed by atoms with Crippen LogP contribution in [0.2, 0.25) is 5.02 Å². The number of carbonyl (C=O) groups is 1. The monoisotopic (exact) mass is 447 g/mol. The molecule has 1 amide bonds. The summed E-state index contributed by atoms with van der Waals surface area (Å²) in [6.45, 7) is 7.06. The van der Waals surface area contributed by atoms with E-state index in [1.165, 1.54) is 0 Å². The number of anilines is 2. The van der Waals surface area contributed by atoms with Crippen LogP contribution in [0.4, 0.5) is 11.4 Å². The van der Waals surface area contributed by atoms with E-state index in [9.17, 15) is 4.79 Å². The molecule has 0 spiro atoms. The van der Waals surface area contributed by atoms with Crippen molar-refractivity contribution in [2.75, 3.05) is 36.5 Å². The molecule has 0 unspecified atom stereocenters. The van der Waals surface area contributed by atoms with E-state index >= 15 is 0 Å². The molecule has 8 heteroatoms. The molecule has 160 valence electrons. The fraction of sp³-hybridized carbons (Fsp3) is 0.364. The van der Waals surface area contributed by atoms with E-state index in [1.807, 2.05) is 19.1 Å². The van der Waals surface area contributed by atoms with Gasteiger partial charge in [-0.2, -0.15) is 0 Å². The molecule has 2 N–H and O–H groups in total. The third-order valence-corrected chi connectivity index (χ3v) is 5.32. The van der Waals surface area contributed by atoms with Crippen LogP contribution >= 0.6 is 23.8 Å². The van der Waals surface area contributed by atoms with Crippen LogP contribution in [0.1, 0.15) is 30.6 Å². The van der Waals surface area contributed by atoms with Crippen molar-refractivity contribution in [1.82, 2.24) is 5.32 Å². The molecule has 2 aromatic rings. The molecular weight excluding hydrogens is 422 g/mol. The lowest BCUT2D eigenvalue weighted by molar-refractivity contribution is 0.0977. The number of hydrogen-bond donors (Lipinski definition) is 2. The van der Waals surface area contributed by atoms with Gasteiger partial charge in [0.1, 0.15) is 5.75 Å². The summed E-state index contributed by atoms with van der Waals surface area (Å²) in [5, 5.41) is 6.51. The first-order chi connectivity index (χ1) is 14.5. The number of benzene rings is 2. The lowest BCUT2D eigenvalue weighted by Crippen LogP contribution is -2.36. The number of amides is 1. The first kappa shape index (κ1) is 22.3. The molecule has 1 atom stereocenters. The molecule has 3 rings (SSSR count). The van der Waals surface area contributed by atoms with E-state index < -0.39 is 0 Å². The summed E-state index contributed by atoms with van der Waals surface area (Å²) in [6, 6.07) is 12.6. The van der Waals surface area contributed by atoms with Crippen molar-refractivity contribution in [3.8, 4) is 5.75 Å². The Hall–Kier alpha value is -2.35. The number of halogens is 1. The SMILES string of the molecule is CC[C@@H](C)Oc1ccc(C(=O)NC(=S)Nc2ccc(N3CCOCC3)c(Cl)c2)cc1. The summed E-state index contributed by atoms with van der Waals surface area (Å²) in [7, 11) is 0. The average Bonchev–Trinajstić information content (AvgIpc) is 2.74. The Kier molecular flexibility index (Phi) is 7.90. The van der Waals surface area contributed by atoms with Gasteiger partial charge in [0.15, 0.2) is 5.11 Å². The highest BCUT2D eigenvalue weighted by Crippen LogP contribution is 2.29. The Morgan fingerprint density at radius 3 is 2.57 bits per heavy atom. The van der Waals surface area contributed by atoms with Crippen molar-refractivity contribution >= 4 is 46.2 Å². The molecule has 1 fully saturated rings. The maximum atomic E-state index is 12.4. The van der Waals surface area contributed by atoms with Gasteiger partial charge in [0.05, 0.1) is 30.0 Å². The Morgan fingerprint density at radius 1 is 1.23 bits per heavy atom. The molecule has 0 aromatic heterocycles. The van der Waals surface area contributed by atoms with Crippen molar-refractivity contribution in [3.05, 3.63) is 53.1 Å². The minimum atomic E-state index is -0.293. The summed E-state index contributed by atoms with van der Waals surface area (Å²) in [4.78, 5) is 14.6. The third kappa shape index (κ3) is 6.08. The predicted molar refractivity (Wildman–Crippen MR) is 125 cm³/mol. The van der Waals surface area contributed by atoms with E-state index in [0.717, 1.165) is 30.9 Å². The number of ether oxygens (including phenoxy) is 2. The van der Waals surface area contributed by atoms with Crippen LogP contribution in [0.25, 0.3) is 0 Å². The zero-order valence-electron chi connectivity index (χ0n) is 17.1. The number of rotatable bonds is 6. The van der Waals surface area contributed by atoms with Gasteiger partial charge in [0.25, 0.3) is 5.91 Å². The maximum Gasteiger partial charge on any atom is 0.257 e. The van der Waals surface area contributed by atoms with E-state index in [2.05, 4.69) is 22.5 Å². The molecule has 0 radical (unpaired) electrons. The molecule has 2 aromatic carbocycles. The second-order valence-corrected chi connectivity index (χ2v) is 7.85. The minimum absolute atomic E-state index is 0.128. The number of morpholine rings is 1. The minimum Gasteiger partial charge on any atom is -0.491 e. The van der Waals surface area contributed by atoms with Gasteiger partial charge in [-0.15, -0.1) is 0 Å². The number of thiocarbonyl (C=S) groups is 1. The standard InChI is InChI=1S/C22H26ClN3O3S/c1-3-15(2)29-18-7-4-16(5-8-18)21(27)25-22(30)24-17-6-9-20(19(23)14-17)26-10-12-28-13-11-26/h4-9,14-15H,3,10-13H2,1-2H3,(H2,24,25,27,30)/t15-/m1/s1. The van der Waals surface area contributed by atoms with Crippen molar-refractivity contribution < 1.29 is 14.3 Å². The molecule has 1 aliphatic heterocycles. The lowest BCUT2D eigenvalue weighted by Gasteiger charge is -2.29. The maximum absolute atomic E-state index is 12.4. The highest BCUT2D eigenvalue weighted by atomic mass is 35.5. The van der Waals surface area contributed by atoms with Gasteiger partial charge in [-0.05, 0) is 68.0 Å². The second kappa shape index (κ2) is 10.6. The van der Waals surface area contributed by atoms with Crippen molar-refractivity contribution in [2.45, 2.75) is 26.4 Å². The Labute approximate surface area is 187 Å². The highest BCUT2D eigenvalue weighted by molar-refractivity contribution is 7.80. The van der Waals surface area contributed by atoms with Crippen LogP contribution in [-0.2, 0) is 4.74 Å². The zero-order valence-corrected chi connectivity index (χ0v) is 18.7. The highest BCUT2D eigenvalue weighted by Gasteiger charge is 2.15. The fourth-order valence-electron chi connectivity index (χ4n) is 2.98. The quantitative estimate of drug-likeness (QED) is 0.636. The van der Waals surface area contributed by atoms with Crippen LogP contribution < -0.4 is 20.3 Å². The van der Waals surface area contributed by atoms with Gasteiger partial charge in [-0.3, -0.25) is 10.1 Å². The number of hydrogen-bond acceptors (Lipinski definition) is 5. The Balaban J connectivity index is 1.55. The Morgan fingerprint density at radius 2 is 1.93 bits per heavy atom. The molecule has 0 aliphatic carbocycles. The normalized spacial score (nSPS) is 14.7. The van der Waals surface area contributed by atoms with Gasteiger partial charge in [0.2, 0.25) is 0 Å². The van der Waals surface area contributed by atoms with Crippen molar-refractivity contribution in [2.24, 2.45) is 0 Å². The van der Waals surface area contributed by atoms with Crippen LogP contribution in [0, 0.1) is 0 Å². The van der Waals surface area contributed by atoms with Crippen molar-refractivity contribution in [3.63, 3.8) is 0 Å². The number of carbonyl (C=O) groups excluding carboxylic acids is 1. The molecule has 0 saturated carbocycles. The third-order valence-electron chi connectivity index (χ3n) is 4.81. The zero-order chi connectivity index (χ0) is 21.5. The first-order valence-corrected chi connectivity index (χ1v) is 10.8. The van der Waals surface area contributed by atoms with Gasteiger partial charge in [-0.25, -0.2) is 0 Å². The number of nitrogens with zero attached hydrogens (tertiary/aromatic N) is 1. The summed E-state index contributed by atoms with van der Waals surface area (Å²) < 4.78 is 11.1. The molecule has 1 saturated heterocycles. The second-order valence-electron chi connectivity index (χ2n) is 7.03. The van der Waals surface area contributed by atoms with Gasteiger partial charge in [0, 0.05) is 24.3 Å². The van der Waals surface area contributed by atoms with Crippen LogP contribution in [0.15, 0.2) is 42.5 Å². The van der Waals surface area contributed by atoms with Crippen molar-refractivity contribution in [1.29, 1.82) is 0 Å². The Bertz CT molecular complexity index is 886. The van der Waals surface area contributed by atoms with Gasteiger partial charge >= 0.3 is 0 Å². The summed E-state index contributed by atoms with van der Waals surface area (Å²) in [5.74, 6) is 0.440. The summed E-state index contributed by atoms with van der Waals surface area (Å²) in [6.07, 6.45) is 1.04. The predicted octanol–water partition coefficient (Wildman–Crippen LogP) is 4.48. The first-order valence-electron chi connectivity index (χ1n) is 9.97. The molecule has 1 heterocycles. The van der Waals surface area contributed by atoms with E-state index in [1.54, 1.807) is 30.3 Å². The molecule has 30 heavy (non-hydrogen) atoms. The van der Waals surface area contributed by atoms with E-state index in [4.69, 9.17) is 33.3 Å². The molecule has 6 nitrogen and oxygen atoms in total. The van der Waals surface area contributed by atoms with Gasteiger partial charge in [-0.1, -0.05) is 18.5 Å². The molecule has 1 aliphatic rings. The van der Waals surface area contributed by atoms with Gasteiger partial charge < -0.3 is 19.7 Å². The summed E-state index contributed by atoms with van der Waals surface area (Å²) in [5.41, 5.74) is 2.16. The topological polar surface area (TPSA) is 62.8 Å². The lowest BCUT2D eigenvalue weighted by atomic mass is 10.2.